The summed E-state index contributed by atoms with van der Waals surface area (Å²) in [5.41, 5.74) is 3.20. The molecule has 1 aromatic carbocycles. The predicted octanol–water partition coefficient (Wildman–Crippen LogP) is 2.94. The topological polar surface area (TPSA) is 58.6 Å². The van der Waals surface area contributed by atoms with Gasteiger partial charge in [-0.05, 0) is 12.5 Å². The lowest BCUT2D eigenvalue weighted by Gasteiger charge is -2.08. The Kier molecular flexibility index (Phi) is 3.29. The van der Waals surface area contributed by atoms with Crippen LogP contribution in [-0.2, 0) is 6.42 Å². The summed E-state index contributed by atoms with van der Waals surface area (Å²) in [5.74, 6) is 0. The van der Waals surface area contributed by atoms with E-state index in [4.69, 9.17) is 0 Å². The van der Waals surface area contributed by atoms with Gasteiger partial charge in [0.15, 0.2) is 0 Å². The van der Waals surface area contributed by atoms with E-state index >= 15 is 0 Å². The maximum atomic E-state index is 12.0. The number of para-hydroxylation sites is 1. The number of H-pyrrole nitrogens is 1. The molecule has 0 fully saturated rings. The van der Waals surface area contributed by atoms with Gasteiger partial charge in [0.05, 0.1) is 17.5 Å². The monoisotopic (exact) mass is 265 g/mol. The summed E-state index contributed by atoms with van der Waals surface area (Å²) >= 11 is 0. The molecule has 0 saturated carbocycles. The van der Waals surface area contributed by atoms with Gasteiger partial charge in [0, 0.05) is 22.7 Å². The molecule has 0 radical (unpaired) electrons. The zero-order valence-electron chi connectivity index (χ0n) is 11.3. The average Bonchev–Trinajstić information content (AvgIpc) is 2.49. The minimum Gasteiger partial charge on any atom is -0.313 e. The highest BCUT2D eigenvalue weighted by Crippen LogP contribution is 2.26. The van der Waals surface area contributed by atoms with E-state index in [-0.39, 0.29) is 5.56 Å². The molecular formula is C16H15N3O. The maximum Gasteiger partial charge on any atom is 0.254 e. The quantitative estimate of drug-likeness (QED) is 0.792. The van der Waals surface area contributed by atoms with Crippen molar-refractivity contribution in [3.8, 4) is 11.3 Å². The third-order valence-corrected chi connectivity index (χ3v) is 3.34. The Hall–Kier alpha value is -2.49. The van der Waals surface area contributed by atoms with Crippen LogP contribution in [0.1, 0.15) is 18.9 Å². The van der Waals surface area contributed by atoms with E-state index in [2.05, 4.69) is 21.9 Å². The van der Waals surface area contributed by atoms with Crippen molar-refractivity contribution in [2.45, 2.75) is 19.8 Å². The van der Waals surface area contributed by atoms with E-state index in [9.17, 15) is 4.79 Å². The second kappa shape index (κ2) is 5.25. The second-order valence-electron chi connectivity index (χ2n) is 4.69. The van der Waals surface area contributed by atoms with E-state index < -0.39 is 0 Å². The normalized spacial score (nSPS) is 10.8. The standard InChI is InChI=1S/C16H15N3O/c1-2-5-13-15(18-10-19-16(13)20)12-8-3-6-11-7-4-9-17-14(11)12/h3-4,6-10H,2,5H2,1H3,(H,18,19,20). The van der Waals surface area contributed by atoms with Crippen molar-refractivity contribution in [3.05, 3.63) is 58.8 Å². The van der Waals surface area contributed by atoms with Crippen LogP contribution in [0.25, 0.3) is 22.2 Å². The van der Waals surface area contributed by atoms with Crippen molar-refractivity contribution in [2.24, 2.45) is 0 Å². The van der Waals surface area contributed by atoms with Crippen LogP contribution in [0, 0.1) is 0 Å². The molecule has 0 aliphatic heterocycles. The van der Waals surface area contributed by atoms with Crippen molar-refractivity contribution in [3.63, 3.8) is 0 Å². The molecule has 2 heterocycles. The number of nitrogens with one attached hydrogen (secondary N) is 1. The van der Waals surface area contributed by atoms with Crippen molar-refractivity contribution < 1.29 is 0 Å². The van der Waals surface area contributed by atoms with Crippen LogP contribution in [0.2, 0.25) is 0 Å². The van der Waals surface area contributed by atoms with Gasteiger partial charge in [-0.25, -0.2) is 4.98 Å². The highest BCUT2D eigenvalue weighted by atomic mass is 16.1. The molecule has 0 amide bonds. The lowest BCUT2D eigenvalue weighted by Crippen LogP contribution is -2.15. The summed E-state index contributed by atoms with van der Waals surface area (Å²) in [6.07, 6.45) is 4.83. The van der Waals surface area contributed by atoms with E-state index in [1.54, 1.807) is 6.20 Å². The van der Waals surface area contributed by atoms with Crippen molar-refractivity contribution >= 4 is 10.9 Å². The summed E-state index contributed by atoms with van der Waals surface area (Å²) in [6.45, 7) is 2.05. The Morgan fingerprint density at radius 1 is 1.15 bits per heavy atom. The molecule has 0 aliphatic rings. The van der Waals surface area contributed by atoms with Gasteiger partial charge in [-0.15, -0.1) is 0 Å². The van der Waals surface area contributed by atoms with E-state index in [1.807, 2.05) is 30.3 Å². The number of fused-ring (bicyclic) bond motifs is 1. The SMILES string of the molecule is CCCc1c(-c2cccc3cccnc23)nc[nH]c1=O. The minimum atomic E-state index is -0.0650. The van der Waals surface area contributed by atoms with Crippen molar-refractivity contribution in [1.82, 2.24) is 15.0 Å². The van der Waals surface area contributed by atoms with Crippen LogP contribution in [0.3, 0.4) is 0 Å². The fraction of sp³-hybridized carbons (Fsp3) is 0.188. The second-order valence-corrected chi connectivity index (χ2v) is 4.69. The minimum absolute atomic E-state index is 0.0650. The van der Waals surface area contributed by atoms with Gasteiger partial charge >= 0.3 is 0 Å². The number of hydrogen-bond acceptors (Lipinski definition) is 3. The van der Waals surface area contributed by atoms with Gasteiger partial charge in [0.25, 0.3) is 5.56 Å². The molecule has 3 rings (SSSR count). The molecule has 0 saturated heterocycles. The predicted molar refractivity (Wildman–Crippen MR) is 79.6 cm³/mol. The first-order chi connectivity index (χ1) is 9.81. The molecular weight excluding hydrogens is 250 g/mol. The summed E-state index contributed by atoms with van der Waals surface area (Å²) < 4.78 is 0. The first-order valence-electron chi connectivity index (χ1n) is 6.72. The first kappa shape index (κ1) is 12.5. The summed E-state index contributed by atoms with van der Waals surface area (Å²) in [6, 6.07) is 9.87. The third-order valence-electron chi connectivity index (χ3n) is 3.34. The zero-order chi connectivity index (χ0) is 13.9. The maximum absolute atomic E-state index is 12.0. The Labute approximate surface area is 116 Å². The lowest BCUT2D eigenvalue weighted by molar-refractivity contribution is 0.888. The smallest absolute Gasteiger partial charge is 0.254 e. The fourth-order valence-electron chi connectivity index (χ4n) is 2.44. The van der Waals surface area contributed by atoms with Crippen LogP contribution in [-0.4, -0.2) is 15.0 Å². The highest BCUT2D eigenvalue weighted by Gasteiger charge is 2.13. The molecule has 2 aromatic heterocycles. The number of rotatable bonds is 3. The Bertz CT molecular complexity index is 803. The molecule has 0 bridgehead atoms. The van der Waals surface area contributed by atoms with Crippen LogP contribution in [0.5, 0.6) is 0 Å². The number of pyridine rings is 1. The van der Waals surface area contributed by atoms with Gasteiger partial charge in [-0.2, -0.15) is 0 Å². The third kappa shape index (κ3) is 2.09. The fourth-order valence-corrected chi connectivity index (χ4v) is 2.44. The Morgan fingerprint density at radius 3 is 2.85 bits per heavy atom. The molecule has 4 nitrogen and oxygen atoms in total. The molecule has 4 heteroatoms. The van der Waals surface area contributed by atoms with Crippen LogP contribution in [0.4, 0.5) is 0 Å². The molecule has 1 N–H and O–H groups in total. The first-order valence-corrected chi connectivity index (χ1v) is 6.72. The van der Waals surface area contributed by atoms with E-state index in [0.717, 1.165) is 34.1 Å². The molecule has 0 unspecified atom stereocenters. The van der Waals surface area contributed by atoms with Gasteiger partial charge in [0.1, 0.15) is 0 Å². The summed E-state index contributed by atoms with van der Waals surface area (Å²) in [5, 5.41) is 1.05. The lowest BCUT2D eigenvalue weighted by atomic mass is 10.0. The van der Waals surface area contributed by atoms with Crippen LogP contribution < -0.4 is 5.56 Å². The molecule has 0 atom stereocenters. The molecule has 100 valence electrons. The number of nitrogens with zero attached hydrogens (tertiary/aromatic N) is 2. The van der Waals surface area contributed by atoms with Gasteiger partial charge in [0.2, 0.25) is 0 Å². The van der Waals surface area contributed by atoms with Crippen LogP contribution in [0.15, 0.2) is 47.7 Å². The number of benzene rings is 1. The van der Waals surface area contributed by atoms with Crippen LogP contribution >= 0.6 is 0 Å². The van der Waals surface area contributed by atoms with Gasteiger partial charge in [-0.1, -0.05) is 37.6 Å². The van der Waals surface area contributed by atoms with E-state index in [1.165, 1.54) is 6.33 Å². The van der Waals surface area contributed by atoms with Crippen molar-refractivity contribution in [1.29, 1.82) is 0 Å². The van der Waals surface area contributed by atoms with Gasteiger partial charge < -0.3 is 4.98 Å². The summed E-state index contributed by atoms with van der Waals surface area (Å²) in [4.78, 5) is 23.5. The summed E-state index contributed by atoms with van der Waals surface area (Å²) in [7, 11) is 0. The molecule has 0 aliphatic carbocycles. The average molecular weight is 265 g/mol. The van der Waals surface area contributed by atoms with E-state index in [0.29, 0.717) is 6.42 Å². The molecule has 3 aromatic rings. The van der Waals surface area contributed by atoms with Gasteiger partial charge in [-0.3, -0.25) is 9.78 Å². The number of aromatic nitrogens is 3. The Morgan fingerprint density at radius 2 is 2.00 bits per heavy atom. The van der Waals surface area contributed by atoms with Crippen molar-refractivity contribution in [2.75, 3.05) is 0 Å². The molecule has 0 spiro atoms. The number of aromatic amines is 1. The highest BCUT2D eigenvalue weighted by molar-refractivity contribution is 5.93. The molecule has 20 heavy (non-hydrogen) atoms. The Balaban J connectivity index is 2.31. The zero-order valence-corrected chi connectivity index (χ0v) is 11.3. The number of hydrogen-bond donors (Lipinski definition) is 1. The largest absolute Gasteiger partial charge is 0.313 e.